The lowest BCUT2D eigenvalue weighted by Crippen LogP contribution is -2.44. The lowest BCUT2D eigenvalue weighted by Gasteiger charge is -2.24. The minimum Gasteiger partial charge on any atom is -0.352 e. The van der Waals surface area contributed by atoms with Crippen LogP contribution in [-0.2, 0) is 14.8 Å². The Morgan fingerprint density at radius 1 is 1.12 bits per heavy atom. The van der Waals surface area contributed by atoms with Gasteiger partial charge in [0.05, 0.1) is 11.4 Å². The van der Waals surface area contributed by atoms with Gasteiger partial charge in [0.15, 0.2) is 0 Å². The van der Waals surface area contributed by atoms with Gasteiger partial charge in [-0.05, 0) is 37.1 Å². The number of hydrogen-bond donors (Lipinski definition) is 1. The first-order valence-electron chi connectivity index (χ1n) is 8.98. The van der Waals surface area contributed by atoms with Crippen LogP contribution < -0.4 is 5.32 Å². The minimum atomic E-state index is -3.70. The minimum absolute atomic E-state index is 0.150. The summed E-state index contributed by atoms with van der Waals surface area (Å²) in [4.78, 5) is 12.5. The van der Waals surface area contributed by atoms with Gasteiger partial charge in [0.25, 0.3) is 0 Å². The highest BCUT2D eigenvalue weighted by atomic mass is 35.5. The number of hydrogen-bond acceptors (Lipinski definition) is 3. The quantitative estimate of drug-likeness (QED) is 0.812. The molecule has 0 unspecified atom stereocenters. The van der Waals surface area contributed by atoms with Crippen LogP contribution in [0.4, 0.5) is 0 Å². The van der Waals surface area contributed by atoms with Crippen LogP contribution in [0.3, 0.4) is 0 Å². The molecular formula is C18H27ClN2O3S. The van der Waals surface area contributed by atoms with E-state index in [0.717, 1.165) is 25.7 Å². The van der Waals surface area contributed by atoms with E-state index >= 15 is 0 Å². The summed E-state index contributed by atoms with van der Waals surface area (Å²) in [5.74, 6) is -0.232. The molecule has 0 bridgehead atoms. The number of carbonyl (C=O) groups excluding carboxylic acids is 1. The standard InChI is InChI=1S/C18H27ClN2O3S/c1-2-21(25(23,24)17-12-10-15(19)11-13-17)14-18(22)20-16-8-6-4-3-5-7-9-16/h10-13,16H,2-9,14H2,1H3,(H,20,22). The Morgan fingerprint density at radius 3 is 2.24 bits per heavy atom. The van der Waals surface area contributed by atoms with Crippen molar-refractivity contribution in [3.8, 4) is 0 Å². The number of benzene rings is 1. The largest absolute Gasteiger partial charge is 0.352 e. The van der Waals surface area contributed by atoms with Crippen LogP contribution in [0.1, 0.15) is 51.9 Å². The first-order valence-corrected chi connectivity index (χ1v) is 10.8. The van der Waals surface area contributed by atoms with E-state index < -0.39 is 10.0 Å². The molecule has 1 aromatic rings. The molecule has 1 saturated carbocycles. The van der Waals surface area contributed by atoms with Crippen molar-refractivity contribution < 1.29 is 13.2 Å². The first kappa shape index (κ1) is 20.2. The van der Waals surface area contributed by atoms with E-state index in [1.807, 2.05) is 0 Å². The van der Waals surface area contributed by atoms with Gasteiger partial charge in [-0.1, -0.05) is 50.6 Å². The summed E-state index contributed by atoms with van der Waals surface area (Å²) in [5, 5.41) is 3.49. The fraction of sp³-hybridized carbons (Fsp3) is 0.611. The van der Waals surface area contributed by atoms with Gasteiger partial charge in [-0.15, -0.1) is 0 Å². The molecule has 5 nitrogen and oxygen atoms in total. The monoisotopic (exact) mass is 386 g/mol. The second-order valence-corrected chi connectivity index (χ2v) is 8.87. The highest BCUT2D eigenvalue weighted by molar-refractivity contribution is 7.89. The lowest BCUT2D eigenvalue weighted by molar-refractivity contribution is -0.122. The zero-order valence-corrected chi connectivity index (χ0v) is 16.3. The summed E-state index contributed by atoms with van der Waals surface area (Å²) in [5.41, 5.74) is 0. The molecule has 0 radical (unpaired) electrons. The van der Waals surface area contributed by atoms with Crippen LogP contribution in [0.2, 0.25) is 5.02 Å². The fourth-order valence-electron chi connectivity index (χ4n) is 3.16. The second-order valence-electron chi connectivity index (χ2n) is 6.49. The Hall–Kier alpha value is -1.11. The fourth-order valence-corrected chi connectivity index (χ4v) is 4.69. The maximum Gasteiger partial charge on any atom is 0.243 e. The highest BCUT2D eigenvalue weighted by Crippen LogP contribution is 2.19. The van der Waals surface area contributed by atoms with Crippen LogP contribution in [0.15, 0.2) is 29.2 Å². The lowest BCUT2D eigenvalue weighted by atomic mass is 9.97. The molecular weight excluding hydrogens is 360 g/mol. The average molecular weight is 387 g/mol. The predicted molar refractivity (Wildman–Crippen MR) is 100 cm³/mol. The SMILES string of the molecule is CCN(CC(=O)NC1CCCCCCC1)S(=O)(=O)c1ccc(Cl)cc1. The zero-order chi connectivity index (χ0) is 18.3. The number of rotatable bonds is 6. The number of amides is 1. The number of halogens is 1. The molecule has 1 N–H and O–H groups in total. The summed E-state index contributed by atoms with van der Waals surface area (Å²) in [6.45, 7) is 1.82. The maximum atomic E-state index is 12.7. The Morgan fingerprint density at radius 2 is 1.68 bits per heavy atom. The van der Waals surface area contributed by atoms with Gasteiger partial charge in [0.1, 0.15) is 0 Å². The van der Waals surface area contributed by atoms with E-state index in [2.05, 4.69) is 5.32 Å². The molecule has 2 rings (SSSR count). The van der Waals surface area contributed by atoms with E-state index in [1.54, 1.807) is 6.92 Å². The third-order valence-electron chi connectivity index (χ3n) is 4.59. The molecule has 1 aromatic carbocycles. The smallest absolute Gasteiger partial charge is 0.243 e. The van der Waals surface area contributed by atoms with Gasteiger partial charge in [-0.2, -0.15) is 4.31 Å². The van der Waals surface area contributed by atoms with Crippen LogP contribution in [0.25, 0.3) is 0 Å². The summed E-state index contributed by atoms with van der Waals surface area (Å²) in [7, 11) is -3.70. The van der Waals surface area contributed by atoms with Crippen molar-refractivity contribution >= 4 is 27.5 Å². The summed E-state index contributed by atoms with van der Waals surface area (Å²) >= 11 is 5.82. The van der Waals surface area contributed by atoms with E-state index in [-0.39, 0.29) is 29.9 Å². The number of nitrogens with one attached hydrogen (secondary N) is 1. The second kappa shape index (κ2) is 9.55. The Labute approximate surface area is 155 Å². The summed E-state index contributed by atoms with van der Waals surface area (Å²) in [6, 6.07) is 6.16. The van der Waals surface area contributed by atoms with E-state index in [0.29, 0.717) is 5.02 Å². The Kier molecular flexibility index (Phi) is 7.72. The van der Waals surface area contributed by atoms with E-state index in [9.17, 15) is 13.2 Å². The molecule has 1 aliphatic carbocycles. The first-order chi connectivity index (χ1) is 11.9. The van der Waals surface area contributed by atoms with Gasteiger partial charge >= 0.3 is 0 Å². The molecule has 0 heterocycles. The summed E-state index contributed by atoms with van der Waals surface area (Å²) in [6.07, 6.45) is 7.86. The number of likely N-dealkylation sites (N-methyl/N-ethyl adjacent to an activating group) is 1. The molecule has 1 aliphatic rings. The van der Waals surface area contributed by atoms with Gasteiger partial charge in [0, 0.05) is 17.6 Å². The van der Waals surface area contributed by atoms with Crippen molar-refractivity contribution in [3.63, 3.8) is 0 Å². The summed E-state index contributed by atoms with van der Waals surface area (Å²) < 4.78 is 26.6. The van der Waals surface area contributed by atoms with Crippen LogP contribution in [-0.4, -0.2) is 37.8 Å². The Balaban J connectivity index is 1.99. The van der Waals surface area contributed by atoms with Gasteiger partial charge < -0.3 is 5.32 Å². The number of sulfonamides is 1. The molecule has 0 aliphatic heterocycles. The van der Waals surface area contributed by atoms with Crippen molar-refractivity contribution in [3.05, 3.63) is 29.3 Å². The van der Waals surface area contributed by atoms with Crippen molar-refractivity contribution in [2.24, 2.45) is 0 Å². The Bertz CT molecular complexity index is 653. The highest BCUT2D eigenvalue weighted by Gasteiger charge is 2.26. The maximum absolute atomic E-state index is 12.7. The molecule has 0 spiro atoms. The van der Waals surface area contributed by atoms with Gasteiger partial charge in [-0.25, -0.2) is 8.42 Å². The number of nitrogens with zero attached hydrogens (tertiary/aromatic N) is 1. The van der Waals surface area contributed by atoms with Gasteiger partial charge in [0.2, 0.25) is 15.9 Å². The van der Waals surface area contributed by atoms with Crippen molar-refractivity contribution in [2.75, 3.05) is 13.1 Å². The predicted octanol–water partition coefficient (Wildman–Crippen LogP) is 3.58. The van der Waals surface area contributed by atoms with E-state index in [1.165, 1.54) is 47.8 Å². The zero-order valence-electron chi connectivity index (χ0n) is 14.7. The molecule has 1 fully saturated rings. The number of carbonyl (C=O) groups is 1. The van der Waals surface area contributed by atoms with Gasteiger partial charge in [-0.3, -0.25) is 4.79 Å². The molecule has 0 aromatic heterocycles. The van der Waals surface area contributed by atoms with Crippen LogP contribution in [0.5, 0.6) is 0 Å². The van der Waals surface area contributed by atoms with E-state index in [4.69, 9.17) is 11.6 Å². The molecule has 1 amide bonds. The molecule has 25 heavy (non-hydrogen) atoms. The third kappa shape index (κ3) is 5.97. The van der Waals surface area contributed by atoms with Crippen molar-refractivity contribution in [1.29, 1.82) is 0 Å². The molecule has 0 atom stereocenters. The van der Waals surface area contributed by atoms with Crippen LogP contribution in [0, 0.1) is 0 Å². The van der Waals surface area contributed by atoms with Crippen molar-refractivity contribution in [2.45, 2.75) is 62.8 Å². The molecule has 140 valence electrons. The third-order valence-corrected chi connectivity index (χ3v) is 6.78. The average Bonchev–Trinajstić information content (AvgIpc) is 2.55. The molecule has 7 heteroatoms. The van der Waals surface area contributed by atoms with Crippen LogP contribution >= 0.6 is 11.6 Å². The topological polar surface area (TPSA) is 66.5 Å². The van der Waals surface area contributed by atoms with Crippen molar-refractivity contribution in [1.82, 2.24) is 9.62 Å². The normalized spacial score (nSPS) is 17.1. The molecule has 0 saturated heterocycles.